The second kappa shape index (κ2) is 5.05. The topological polar surface area (TPSA) is 48.1 Å². The highest BCUT2D eigenvalue weighted by Gasteiger charge is 2.01. The Morgan fingerprint density at radius 3 is 2.53 bits per heavy atom. The molecule has 0 spiro atoms. The predicted molar refractivity (Wildman–Crippen MR) is 85.4 cm³/mol. The molecule has 1 heterocycles. The van der Waals surface area contributed by atoms with Gasteiger partial charge in [-0.3, -0.25) is 0 Å². The zero-order chi connectivity index (χ0) is 13.2. The molecule has 0 amide bonds. The summed E-state index contributed by atoms with van der Waals surface area (Å²) in [5.74, 6) is 1.36. The average Bonchev–Trinajstić information content (AvgIpc) is 2.42. The number of benzene rings is 2. The highest BCUT2D eigenvalue weighted by Crippen LogP contribution is 2.24. The first-order valence-corrected chi connectivity index (χ1v) is 6.88. The van der Waals surface area contributed by atoms with Gasteiger partial charge < -0.3 is 10.5 Å². The van der Waals surface area contributed by atoms with Gasteiger partial charge in [-0.15, -0.1) is 0 Å². The van der Waals surface area contributed by atoms with E-state index < -0.39 is 0 Å². The van der Waals surface area contributed by atoms with Crippen LogP contribution in [0, 0.1) is 3.57 Å². The molecule has 0 fully saturated rings. The lowest BCUT2D eigenvalue weighted by molar-refractivity contribution is 0.465. The first kappa shape index (κ1) is 12.2. The number of nitrogen functional groups attached to an aromatic ring is 1. The van der Waals surface area contributed by atoms with Crippen molar-refractivity contribution >= 4 is 39.2 Å². The lowest BCUT2D eigenvalue weighted by atomic mass is 10.2. The lowest BCUT2D eigenvalue weighted by Crippen LogP contribution is -1.90. The Morgan fingerprint density at radius 1 is 0.947 bits per heavy atom. The number of hydrogen-bond acceptors (Lipinski definition) is 3. The molecule has 0 radical (unpaired) electrons. The minimum atomic E-state index is 0.582. The maximum atomic E-state index is 5.74. The van der Waals surface area contributed by atoms with E-state index in [4.69, 9.17) is 10.5 Å². The molecule has 4 heteroatoms. The maximum Gasteiger partial charge on any atom is 0.219 e. The first-order valence-electron chi connectivity index (χ1n) is 5.80. The number of halogens is 1. The van der Waals surface area contributed by atoms with Crippen LogP contribution in [0.3, 0.4) is 0 Å². The number of aromatic nitrogens is 1. The van der Waals surface area contributed by atoms with E-state index in [9.17, 15) is 0 Å². The van der Waals surface area contributed by atoms with E-state index in [2.05, 4.69) is 27.6 Å². The average molecular weight is 362 g/mol. The standard InChI is InChI=1S/C15H11IN2O/c16-11-2-5-13(6-3-11)19-15-8-1-10-9-12(17)4-7-14(10)18-15/h1-9H,17H2. The monoisotopic (exact) mass is 362 g/mol. The van der Waals surface area contributed by atoms with E-state index in [0.29, 0.717) is 5.88 Å². The van der Waals surface area contributed by atoms with Gasteiger partial charge in [0.15, 0.2) is 0 Å². The van der Waals surface area contributed by atoms with Crippen molar-refractivity contribution in [1.82, 2.24) is 4.98 Å². The van der Waals surface area contributed by atoms with Gasteiger partial charge in [-0.25, -0.2) is 4.98 Å². The van der Waals surface area contributed by atoms with Crippen LogP contribution in [0.4, 0.5) is 5.69 Å². The van der Waals surface area contributed by atoms with Gasteiger partial charge in [0.1, 0.15) is 5.75 Å². The Hall–Kier alpha value is -1.82. The second-order valence-electron chi connectivity index (χ2n) is 4.16. The van der Waals surface area contributed by atoms with Gasteiger partial charge >= 0.3 is 0 Å². The molecule has 19 heavy (non-hydrogen) atoms. The van der Waals surface area contributed by atoms with Crippen LogP contribution in [-0.2, 0) is 0 Å². The molecule has 3 nitrogen and oxygen atoms in total. The summed E-state index contributed by atoms with van der Waals surface area (Å²) in [6.07, 6.45) is 0. The molecule has 0 bridgehead atoms. The van der Waals surface area contributed by atoms with Crippen molar-refractivity contribution in [2.45, 2.75) is 0 Å². The quantitative estimate of drug-likeness (QED) is 0.549. The third kappa shape index (κ3) is 2.78. The molecular formula is C15H11IN2O. The fraction of sp³-hybridized carbons (Fsp3) is 0. The molecule has 0 saturated heterocycles. The SMILES string of the molecule is Nc1ccc2nc(Oc3ccc(I)cc3)ccc2c1. The summed E-state index contributed by atoms with van der Waals surface area (Å²) >= 11 is 2.26. The molecule has 0 atom stereocenters. The Balaban J connectivity index is 1.93. The second-order valence-corrected chi connectivity index (χ2v) is 5.40. The van der Waals surface area contributed by atoms with E-state index >= 15 is 0 Å². The zero-order valence-electron chi connectivity index (χ0n) is 10.0. The minimum Gasteiger partial charge on any atom is -0.439 e. The fourth-order valence-electron chi connectivity index (χ4n) is 1.81. The van der Waals surface area contributed by atoms with Crippen LogP contribution in [-0.4, -0.2) is 4.98 Å². The molecule has 0 aliphatic heterocycles. The molecular weight excluding hydrogens is 351 g/mol. The van der Waals surface area contributed by atoms with E-state index in [1.165, 1.54) is 3.57 Å². The summed E-state index contributed by atoms with van der Waals surface area (Å²) in [5.41, 5.74) is 7.35. The molecule has 0 saturated carbocycles. The van der Waals surface area contributed by atoms with Crippen LogP contribution in [0.2, 0.25) is 0 Å². The number of anilines is 1. The lowest BCUT2D eigenvalue weighted by Gasteiger charge is -2.06. The van der Waals surface area contributed by atoms with Crippen molar-refractivity contribution in [2.24, 2.45) is 0 Å². The molecule has 0 unspecified atom stereocenters. The van der Waals surface area contributed by atoms with Crippen LogP contribution >= 0.6 is 22.6 Å². The molecule has 3 rings (SSSR count). The number of pyridine rings is 1. The van der Waals surface area contributed by atoms with Crippen molar-refractivity contribution in [3.05, 3.63) is 58.2 Å². The number of rotatable bonds is 2. The molecule has 94 valence electrons. The number of nitrogens with two attached hydrogens (primary N) is 1. The Morgan fingerprint density at radius 2 is 1.74 bits per heavy atom. The first-order chi connectivity index (χ1) is 9.20. The van der Waals surface area contributed by atoms with Crippen molar-refractivity contribution < 1.29 is 4.74 Å². The summed E-state index contributed by atoms with van der Waals surface area (Å²) < 4.78 is 6.90. The largest absolute Gasteiger partial charge is 0.439 e. The summed E-state index contributed by atoms with van der Waals surface area (Å²) in [4.78, 5) is 4.45. The van der Waals surface area contributed by atoms with Crippen molar-refractivity contribution in [3.63, 3.8) is 0 Å². The molecule has 0 aliphatic rings. The summed E-state index contributed by atoms with van der Waals surface area (Å²) in [7, 11) is 0. The molecule has 1 aromatic heterocycles. The number of hydrogen-bond donors (Lipinski definition) is 1. The summed E-state index contributed by atoms with van der Waals surface area (Å²) in [6, 6.07) is 17.3. The summed E-state index contributed by atoms with van der Waals surface area (Å²) in [5, 5.41) is 1.01. The van der Waals surface area contributed by atoms with E-state index in [1.807, 2.05) is 54.6 Å². The fourth-order valence-corrected chi connectivity index (χ4v) is 2.17. The van der Waals surface area contributed by atoms with Gasteiger partial charge in [-0.05, 0) is 71.1 Å². The van der Waals surface area contributed by atoms with Crippen molar-refractivity contribution in [2.75, 3.05) is 5.73 Å². The van der Waals surface area contributed by atoms with Crippen molar-refractivity contribution in [3.8, 4) is 11.6 Å². The maximum absolute atomic E-state index is 5.74. The van der Waals surface area contributed by atoms with Crippen LogP contribution in [0.1, 0.15) is 0 Å². The molecule has 0 aliphatic carbocycles. The van der Waals surface area contributed by atoms with Crippen LogP contribution in [0.15, 0.2) is 54.6 Å². The Bertz CT molecular complexity index is 726. The van der Waals surface area contributed by atoms with Crippen LogP contribution in [0.5, 0.6) is 11.6 Å². The van der Waals surface area contributed by atoms with Crippen LogP contribution < -0.4 is 10.5 Å². The number of ether oxygens (including phenoxy) is 1. The Labute approximate surface area is 124 Å². The third-order valence-corrected chi connectivity index (χ3v) is 3.44. The number of fused-ring (bicyclic) bond motifs is 1. The third-order valence-electron chi connectivity index (χ3n) is 2.72. The van der Waals surface area contributed by atoms with E-state index in [0.717, 1.165) is 22.3 Å². The van der Waals surface area contributed by atoms with Gasteiger partial charge in [0.25, 0.3) is 0 Å². The number of nitrogens with zero attached hydrogens (tertiary/aromatic N) is 1. The highest BCUT2D eigenvalue weighted by molar-refractivity contribution is 14.1. The van der Waals surface area contributed by atoms with Crippen molar-refractivity contribution in [1.29, 1.82) is 0 Å². The minimum absolute atomic E-state index is 0.582. The van der Waals surface area contributed by atoms with Crippen LogP contribution in [0.25, 0.3) is 10.9 Å². The Kier molecular flexibility index (Phi) is 3.25. The van der Waals surface area contributed by atoms with Gasteiger partial charge in [0.05, 0.1) is 5.52 Å². The molecule has 2 N–H and O–H groups in total. The van der Waals surface area contributed by atoms with E-state index in [-0.39, 0.29) is 0 Å². The zero-order valence-corrected chi connectivity index (χ0v) is 12.2. The van der Waals surface area contributed by atoms with Gasteiger partial charge in [-0.1, -0.05) is 0 Å². The van der Waals surface area contributed by atoms with Gasteiger partial charge in [0.2, 0.25) is 5.88 Å². The molecule has 3 aromatic rings. The highest BCUT2D eigenvalue weighted by atomic mass is 127. The molecule has 2 aromatic carbocycles. The smallest absolute Gasteiger partial charge is 0.219 e. The van der Waals surface area contributed by atoms with Gasteiger partial charge in [0, 0.05) is 20.7 Å². The van der Waals surface area contributed by atoms with E-state index in [1.54, 1.807) is 0 Å². The predicted octanol–water partition coefficient (Wildman–Crippen LogP) is 4.21. The normalized spacial score (nSPS) is 10.6. The summed E-state index contributed by atoms with van der Waals surface area (Å²) in [6.45, 7) is 0. The van der Waals surface area contributed by atoms with Gasteiger partial charge in [-0.2, -0.15) is 0 Å².